The lowest BCUT2D eigenvalue weighted by molar-refractivity contribution is 0.119. The van der Waals surface area contributed by atoms with Gasteiger partial charge >= 0.3 is 0 Å². The number of aromatic nitrogens is 2. The molecule has 0 spiro atoms. The Bertz CT molecular complexity index is 377. The maximum atomic E-state index is 9.92. The maximum Gasteiger partial charge on any atom is 0.0951 e. The molecular formula is C14H25N3O. The lowest BCUT2D eigenvalue weighted by atomic mass is 9.89. The Kier molecular flexibility index (Phi) is 4.07. The first kappa shape index (κ1) is 13.6. The second kappa shape index (κ2) is 5.41. The first-order chi connectivity index (χ1) is 8.46. The van der Waals surface area contributed by atoms with E-state index < -0.39 is 0 Å². The standard InChI is InChI=1S/C14H25N3O/c1-14(2,3)6-13(18)9-15-7-12-8-16-10-17(12)11-4-5-11/h8,10-11,13,15,18H,4-7,9H2,1-3H3. The first-order valence-electron chi connectivity index (χ1n) is 6.85. The van der Waals surface area contributed by atoms with Gasteiger partial charge in [-0.05, 0) is 24.7 Å². The molecule has 0 bridgehead atoms. The Morgan fingerprint density at radius 1 is 1.50 bits per heavy atom. The Morgan fingerprint density at radius 3 is 2.83 bits per heavy atom. The number of hydrogen-bond donors (Lipinski definition) is 2. The van der Waals surface area contributed by atoms with Gasteiger partial charge in [0.2, 0.25) is 0 Å². The summed E-state index contributed by atoms with van der Waals surface area (Å²) in [5.74, 6) is 0. The van der Waals surface area contributed by atoms with Crippen LogP contribution in [0.15, 0.2) is 12.5 Å². The van der Waals surface area contributed by atoms with Crippen molar-refractivity contribution in [2.24, 2.45) is 5.41 Å². The minimum absolute atomic E-state index is 0.177. The van der Waals surface area contributed by atoms with Crippen molar-refractivity contribution in [2.75, 3.05) is 6.54 Å². The molecule has 0 saturated heterocycles. The highest BCUT2D eigenvalue weighted by molar-refractivity contribution is 5.03. The van der Waals surface area contributed by atoms with Crippen LogP contribution in [-0.4, -0.2) is 27.3 Å². The minimum Gasteiger partial charge on any atom is -0.392 e. The quantitative estimate of drug-likeness (QED) is 0.814. The fourth-order valence-electron chi connectivity index (χ4n) is 2.30. The van der Waals surface area contributed by atoms with E-state index in [9.17, 15) is 5.11 Å². The van der Waals surface area contributed by atoms with E-state index in [1.165, 1.54) is 18.5 Å². The molecule has 1 saturated carbocycles. The summed E-state index contributed by atoms with van der Waals surface area (Å²) >= 11 is 0. The zero-order valence-electron chi connectivity index (χ0n) is 11.7. The van der Waals surface area contributed by atoms with Gasteiger partial charge < -0.3 is 15.0 Å². The van der Waals surface area contributed by atoms with Crippen LogP contribution < -0.4 is 5.32 Å². The summed E-state index contributed by atoms with van der Waals surface area (Å²) in [5.41, 5.74) is 1.40. The van der Waals surface area contributed by atoms with E-state index in [0.29, 0.717) is 12.6 Å². The minimum atomic E-state index is -0.276. The normalized spacial score (nSPS) is 18.0. The van der Waals surface area contributed by atoms with Crippen molar-refractivity contribution < 1.29 is 5.11 Å². The van der Waals surface area contributed by atoms with Crippen molar-refractivity contribution in [2.45, 2.75) is 58.7 Å². The number of imidazole rings is 1. The van der Waals surface area contributed by atoms with Crippen LogP contribution in [0, 0.1) is 5.41 Å². The molecule has 0 radical (unpaired) electrons. The highest BCUT2D eigenvalue weighted by Crippen LogP contribution is 2.35. The van der Waals surface area contributed by atoms with Crippen molar-refractivity contribution in [3.63, 3.8) is 0 Å². The molecule has 1 heterocycles. The largest absolute Gasteiger partial charge is 0.392 e. The molecule has 0 aliphatic heterocycles. The summed E-state index contributed by atoms with van der Waals surface area (Å²) in [6, 6.07) is 0.670. The lowest BCUT2D eigenvalue weighted by Crippen LogP contribution is -2.30. The van der Waals surface area contributed by atoms with Crippen LogP contribution in [-0.2, 0) is 6.54 Å². The van der Waals surface area contributed by atoms with E-state index in [4.69, 9.17) is 0 Å². The van der Waals surface area contributed by atoms with E-state index >= 15 is 0 Å². The maximum absolute atomic E-state index is 9.92. The summed E-state index contributed by atoms with van der Waals surface area (Å²) in [7, 11) is 0. The third-order valence-electron chi connectivity index (χ3n) is 3.22. The van der Waals surface area contributed by atoms with Crippen LogP contribution in [0.5, 0.6) is 0 Å². The van der Waals surface area contributed by atoms with Crippen LogP contribution in [0.4, 0.5) is 0 Å². The van der Waals surface area contributed by atoms with Crippen LogP contribution in [0.2, 0.25) is 0 Å². The van der Waals surface area contributed by atoms with Crippen LogP contribution in [0.25, 0.3) is 0 Å². The van der Waals surface area contributed by atoms with Gasteiger partial charge in [-0.1, -0.05) is 20.8 Å². The molecule has 1 aromatic heterocycles. The molecule has 1 unspecified atom stereocenters. The number of hydrogen-bond acceptors (Lipinski definition) is 3. The van der Waals surface area contributed by atoms with E-state index in [-0.39, 0.29) is 11.5 Å². The van der Waals surface area contributed by atoms with Crippen molar-refractivity contribution in [1.82, 2.24) is 14.9 Å². The highest BCUT2D eigenvalue weighted by atomic mass is 16.3. The van der Waals surface area contributed by atoms with Gasteiger partial charge in [0, 0.05) is 25.3 Å². The van der Waals surface area contributed by atoms with E-state index in [1.807, 2.05) is 12.5 Å². The monoisotopic (exact) mass is 251 g/mol. The molecule has 1 fully saturated rings. The van der Waals surface area contributed by atoms with Crippen molar-refractivity contribution >= 4 is 0 Å². The van der Waals surface area contributed by atoms with Crippen molar-refractivity contribution in [1.29, 1.82) is 0 Å². The number of aliphatic hydroxyl groups is 1. The van der Waals surface area contributed by atoms with Gasteiger partial charge in [0.15, 0.2) is 0 Å². The summed E-state index contributed by atoms with van der Waals surface area (Å²) in [5, 5.41) is 13.2. The topological polar surface area (TPSA) is 50.1 Å². The van der Waals surface area contributed by atoms with Crippen molar-refractivity contribution in [3.05, 3.63) is 18.2 Å². The first-order valence-corrected chi connectivity index (χ1v) is 6.85. The molecule has 4 nitrogen and oxygen atoms in total. The zero-order valence-corrected chi connectivity index (χ0v) is 11.7. The van der Waals surface area contributed by atoms with Crippen LogP contribution >= 0.6 is 0 Å². The van der Waals surface area contributed by atoms with E-state index in [1.54, 1.807) is 0 Å². The molecular weight excluding hydrogens is 226 g/mol. The van der Waals surface area contributed by atoms with E-state index in [0.717, 1.165) is 13.0 Å². The molecule has 18 heavy (non-hydrogen) atoms. The average molecular weight is 251 g/mol. The van der Waals surface area contributed by atoms with Gasteiger partial charge in [-0.25, -0.2) is 4.98 Å². The Labute approximate surface area is 109 Å². The van der Waals surface area contributed by atoms with Gasteiger partial charge in [-0.15, -0.1) is 0 Å². The predicted octanol–water partition coefficient (Wildman–Crippen LogP) is 2.10. The Morgan fingerprint density at radius 2 is 2.22 bits per heavy atom. The Balaban J connectivity index is 1.73. The van der Waals surface area contributed by atoms with Gasteiger partial charge in [0.1, 0.15) is 0 Å². The second-order valence-corrected chi connectivity index (χ2v) is 6.57. The summed E-state index contributed by atoms with van der Waals surface area (Å²) in [6.07, 6.45) is 6.93. The fourth-order valence-corrected chi connectivity index (χ4v) is 2.30. The summed E-state index contributed by atoms with van der Waals surface area (Å²) in [6.45, 7) is 7.89. The number of aliphatic hydroxyl groups excluding tert-OH is 1. The molecule has 0 aromatic carbocycles. The number of nitrogens with one attached hydrogen (secondary N) is 1. The summed E-state index contributed by atoms with van der Waals surface area (Å²) in [4.78, 5) is 4.20. The third kappa shape index (κ3) is 4.10. The van der Waals surface area contributed by atoms with Gasteiger partial charge in [-0.3, -0.25) is 0 Å². The molecule has 1 atom stereocenters. The smallest absolute Gasteiger partial charge is 0.0951 e. The molecule has 1 aliphatic rings. The highest BCUT2D eigenvalue weighted by Gasteiger charge is 2.25. The van der Waals surface area contributed by atoms with Gasteiger partial charge in [0.25, 0.3) is 0 Å². The molecule has 0 amide bonds. The van der Waals surface area contributed by atoms with Gasteiger partial charge in [-0.2, -0.15) is 0 Å². The third-order valence-corrected chi connectivity index (χ3v) is 3.22. The van der Waals surface area contributed by atoms with Crippen LogP contribution in [0.3, 0.4) is 0 Å². The fraction of sp³-hybridized carbons (Fsp3) is 0.786. The molecule has 2 rings (SSSR count). The molecule has 2 N–H and O–H groups in total. The van der Waals surface area contributed by atoms with E-state index in [2.05, 4.69) is 35.6 Å². The predicted molar refractivity (Wildman–Crippen MR) is 72.3 cm³/mol. The van der Waals surface area contributed by atoms with Gasteiger partial charge in [0.05, 0.1) is 18.1 Å². The number of nitrogens with zero attached hydrogens (tertiary/aromatic N) is 2. The SMILES string of the molecule is CC(C)(C)CC(O)CNCc1cncn1C1CC1. The zero-order chi connectivity index (χ0) is 13.2. The second-order valence-electron chi connectivity index (χ2n) is 6.57. The Hall–Kier alpha value is -0.870. The summed E-state index contributed by atoms with van der Waals surface area (Å²) < 4.78 is 2.25. The molecule has 4 heteroatoms. The molecule has 1 aromatic rings. The lowest BCUT2D eigenvalue weighted by Gasteiger charge is -2.22. The molecule has 102 valence electrons. The average Bonchev–Trinajstić information content (AvgIpc) is 2.97. The number of rotatable bonds is 6. The van der Waals surface area contributed by atoms with Crippen LogP contribution in [0.1, 0.15) is 51.8 Å². The molecule has 1 aliphatic carbocycles. The van der Waals surface area contributed by atoms with Crippen molar-refractivity contribution in [3.8, 4) is 0 Å².